The third-order valence-corrected chi connectivity index (χ3v) is 3.89. The summed E-state index contributed by atoms with van der Waals surface area (Å²) < 4.78 is 2.20. The Morgan fingerprint density at radius 2 is 2.14 bits per heavy atom. The quantitative estimate of drug-likeness (QED) is 0.770. The van der Waals surface area contributed by atoms with Gasteiger partial charge in [0, 0.05) is 29.7 Å². The maximum Gasteiger partial charge on any atom is 0.194 e. The van der Waals surface area contributed by atoms with Gasteiger partial charge in [0.25, 0.3) is 0 Å². The van der Waals surface area contributed by atoms with Crippen LogP contribution in [0.4, 0.5) is 0 Å². The molecule has 3 aromatic rings. The second-order valence-electron chi connectivity index (χ2n) is 5.65. The van der Waals surface area contributed by atoms with Crippen molar-refractivity contribution < 1.29 is 0 Å². The summed E-state index contributed by atoms with van der Waals surface area (Å²) in [5.41, 5.74) is 2.55. The van der Waals surface area contributed by atoms with Gasteiger partial charge in [-0.2, -0.15) is 4.80 Å². The molecule has 21 heavy (non-hydrogen) atoms. The number of aromatic nitrogens is 5. The molecule has 0 aliphatic heterocycles. The molecule has 2 aromatic heterocycles. The van der Waals surface area contributed by atoms with Gasteiger partial charge in [-0.25, -0.2) is 0 Å². The molecule has 108 valence electrons. The SMILES string of the molecule is Cn1nnc(Cn2cc(CNC3CC3)c3ccccc32)n1. The number of hydrogen-bond acceptors (Lipinski definition) is 4. The maximum absolute atomic E-state index is 4.26. The number of nitrogens with zero attached hydrogens (tertiary/aromatic N) is 5. The molecule has 0 bridgehead atoms. The molecule has 1 saturated carbocycles. The van der Waals surface area contributed by atoms with Gasteiger partial charge in [0.2, 0.25) is 0 Å². The van der Waals surface area contributed by atoms with Crippen LogP contribution in [0.2, 0.25) is 0 Å². The topological polar surface area (TPSA) is 60.6 Å². The molecule has 2 heterocycles. The predicted molar refractivity (Wildman–Crippen MR) is 79.7 cm³/mol. The Bertz CT molecular complexity index is 767. The van der Waals surface area contributed by atoms with Crippen molar-refractivity contribution >= 4 is 10.9 Å². The molecule has 1 aromatic carbocycles. The number of hydrogen-bond donors (Lipinski definition) is 1. The molecule has 0 saturated heterocycles. The summed E-state index contributed by atoms with van der Waals surface area (Å²) in [6, 6.07) is 9.20. The van der Waals surface area contributed by atoms with Crippen molar-refractivity contribution in [1.29, 1.82) is 0 Å². The molecular formula is C15H18N6. The minimum absolute atomic E-state index is 0.651. The number of rotatable bonds is 5. The summed E-state index contributed by atoms with van der Waals surface area (Å²) in [6.07, 6.45) is 4.82. The number of tetrazole rings is 1. The highest BCUT2D eigenvalue weighted by atomic mass is 15.6. The van der Waals surface area contributed by atoms with E-state index in [9.17, 15) is 0 Å². The average molecular weight is 282 g/mol. The summed E-state index contributed by atoms with van der Waals surface area (Å²) in [5.74, 6) is 0.736. The third-order valence-electron chi connectivity index (χ3n) is 3.89. The van der Waals surface area contributed by atoms with Gasteiger partial charge in [0.05, 0.1) is 13.6 Å². The van der Waals surface area contributed by atoms with Crippen LogP contribution in [0.5, 0.6) is 0 Å². The Kier molecular flexibility index (Phi) is 2.96. The lowest BCUT2D eigenvalue weighted by Gasteiger charge is -2.00. The summed E-state index contributed by atoms with van der Waals surface area (Å²) in [6.45, 7) is 1.57. The van der Waals surface area contributed by atoms with Gasteiger partial charge in [0.15, 0.2) is 5.82 Å². The van der Waals surface area contributed by atoms with Gasteiger partial charge in [-0.3, -0.25) is 0 Å². The normalized spacial score (nSPS) is 14.9. The first kappa shape index (κ1) is 12.5. The molecule has 0 atom stereocenters. The van der Waals surface area contributed by atoms with Crippen molar-refractivity contribution in [3.8, 4) is 0 Å². The highest BCUT2D eigenvalue weighted by molar-refractivity contribution is 5.84. The zero-order chi connectivity index (χ0) is 14.2. The fraction of sp³-hybridized carbons (Fsp3) is 0.400. The summed E-state index contributed by atoms with van der Waals surface area (Å²) in [7, 11) is 1.79. The van der Waals surface area contributed by atoms with E-state index in [1.807, 2.05) is 0 Å². The fourth-order valence-corrected chi connectivity index (χ4v) is 2.68. The van der Waals surface area contributed by atoms with E-state index in [0.717, 1.165) is 12.4 Å². The summed E-state index contributed by atoms with van der Waals surface area (Å²) in [4.78, 5) is 1.50. The standard InChI is InChI=1S/C15H18N6/c1-20-18-15(17-19-20)10-21-9-11(8-16-12-6-7-12)13-4-2-3-5-14(13)21/h2-5,9,12,16H,6-8,10H2,1H3. The molecule has 4 rings (SSSR count). The van der Waals surface area contributed by atoms with Gasteiger partial charge in [-0.15, -0.1) is 10.2 Å². The Balaban J connectivity index is 1.66. The van der Waals surface area contributed by atoms with E-state index in [2.05, 4.69) is 55.8 Å². The van der Waals surface area contributed by atoms with Crippen molar-refractivity contribution in [3.05, 3.63) is 41.9 Å². The minimum atomic E-state index is 0.651. The molecule has 1 aliphatic rings. The van der Waals surface area contributed by atoms with E-state index in [1.54, 1.807) is 7.05 Å². The van der Waals surface area contributed by atoms with Crippen LogP contribution >= 0.6 is 0 Å². The van der Waals surface area contributed by atoms with Gasteiger partial charge >= 0.3 is 0 Å². The van der Waals surface area contributed by atoms with Crippen molar-refractivity contribution in [2.24, 2.45) is 7.05 Å². The monoisotopic (exact) mass is 282 g/mol. The van der Waals surface area contributed by atoms with Gasteiger partial charge in [-0.05, 0) is 29.7 Å². The number of fused-ring (bicyclic) bond motifs is 1. The highest BCUT2D eigenvalue weighted by Crippen LogP contribution is 2.24. The molecule has 0 spiro atoms. The highest BCUT2D eigenvalue weighted by Gasteiger charge is 2.21. The largest absolute Gasteiger partial charge is 0.339 e. The summed E-state index contributed by atoms with van der Waals surface area (Å²) in [5, 5.41) is 17.1. The van der Waals surface area contributed by atoms with E-state index >= 15 is 0 Å². The van der Waals surface area contributed by atoms with Crippen molar-refractivity contribution in [2.45, 2.75) is 32.0 Å². The van der Waals surface area contributed by atoms with Gasteiger partial charge in [0.1, 0.15) is 0 Å². The lowest BCUT2D eigenvalue weighted by Crippen LogP contribution is -2.15. The molecule has 6 nitrogen and oxygen atoms in total. The van der Waals surface area contributed by atoms with Crippen LogP contribution in [-0.4, -0.2) is 30.8 Å². The first-order valence-corrected chi connectivity index (χ1v) is 7.32. The molecule has 1 N–H and O–H groups in total. The van der Waals surface area contributed by atoms with Crippen LogP contribution in [-0.2, 0) is 20.1 Å². The summed E-state index contributed by atoms with van der Waals surface area (Å²) >= 11 is 0. The smallest absolute Gasteiger partial charge is 0.194 e. The number of nitrogens with one attached hydrogen (secondary N) is 1. The Hall–Kier alpha value is -2.21. The number of benzene rings is 1. The average Bonchev–Trinajstić information content (AvgIpc) is 3.15. The molecule has 6 heteroatoms. The van der Waals surface area contributed by atoms with Crippen LogP contribution < -0.4 is 5.32 Å². The van der Waals surface area contributed by atoms with Crippen LogP contribution in [0, 0.1) is 0 Å². The van der Waals surface area contributed by atoms with Crippen LogP contribution in [0.15, 0.2) is 30.5 Å². The molecule has 0 unspecified atom stereocenters. The Labute approximate surface area is 122 Å². The Morgan fingerprint density at radius 3 is 2.90 bits per heavy atom. The first-order chi connectivity index (χ1) is 10.3. The van der Waals surface area contributed by atoms with Crippen molar-refractivity contribution in [2.75, 3.05) is 0 Å². The van der Waals surface area contributed by atoms with Gasteiger partial charge in [-0.1, -0.05) is 18.2 Å². The lowest BCUT2D eigenvalue weighted by atomic mass is 10.2. The van der Waals surface area contributed by atoms with Gasteiger partial charge < -0.3 is 9.88 Å². The fourth-order valence-electron chi connectivity index (χ4n) is 2.68. The first-order valence-electron chi connectivity index (χ1n) is 7.32. The lowest BCUT2D eigenvalue weighted by molar-refractivity contribution is 0.625. The van der Waals surface area contributed by atoms with Crippen molar-refractivity contribution in [1.82, 2.24) is 30.1 Å². The molecular weight excluding hydrogens is 264 g/mol. The molecule has 0 amide bonds. The zero-order valence-electron chi connectivity index (χ0n) is 12.0. The Morgan fingerprint density at radius 1 is 1.29 bits per heavy atom. The number of aryl methyl sites for hydroxylation is 1. The van der Waals surface area contributed by atoms with Crippen LogP contribution in [0.25, 0.3) is 10.9 Å². The second kappa shape index (κ2) is 4.96. The van der Waals surface area contributed by atoms with E-state index in [1.165, 1.54) is 34.1 Å². The van der Waals surface area contributed by atoms with Crippen LogP contribution in [0.1, 0.15) is 24.2 Å². The zero-order valence-corrected chi connectivity index (χ0v) is 12.0. The number of para-hydroxylation sites is 1. The van der Waals surface area contributed by atoms with E-state index in [4.69, 9.17) is 0 Å². The van der Waals surface area contributed by atoms with E-state index in [-0.39, 0.29) is 0 Å². The minimum Gasteiger partial charge on any atom is -0.339 e. The second-order valence-corrected chi connectivity index (χ2v) is 5.65. The predicted octanol–water partition coefficient (Wildman–Crippen LogP) is 1.47. The van der Waals surface area contributed by atoms with Crippen molar-refractivity contribution in [3.63, 3.8) is 0 Å². The third kappa shape index (κ3) is 2.54. The molecule has 1 fully saturated rings. The van der Waals surface area contributed by atoms with E-state index in [0.29, 0.717) is 12.6 Å². The van der Waals surface area contributed by atoms with E-state index < -0.39 is 0 Å². The molecule has 0 radical (unpaired) electrons. The maximum atomic E-state index is 4.26. The van der Waals surface area contributed by atoms with Crippen LogP contribution in [0.3, 0.4) is 0 Å². The molecule has 1 aliphatic carbocycles.